The number of nitrogen functional groups attached to an aromatic ring is 1. The van der Waals surface area contributed by atoms with Gasteiger partial charge in [0.05, 0.1) is 17.9 Å². The maximum atomic E-state index is 10.9. The first kappa shape index (κ1) is 15.0. The van der Waals surface area contributed by atoms with Crippen LogP contribution in [0, 0.1) is 4.91 Å². The van der Waals surface area contributed by atoms with E-state index in [1.807, 2.05) is 54.6 Å². The zero-order valence-electron chi connectivity index (χ0n) is 11.7. The third kappa shape index (κ3) is 4.57. The molecule has 110 valence electrons. The number of rotatable bonds is 7. The highest BCUT2D eigenvalue weighted by atomic mass is 16.3. The number of aliphatic hydroxyl groups excluding tert-OH is 1. The largest absolute Gasteiger partial charge is 0.399 e. The Hall–Kier alpha value is -2.40. The summed E-state index contributed by atoms with van der Waals surface area (Å²) < 4.78 is 0. The van der Waals surface area contributed by atoms with E-state index in [1.54, 1.807) is 0 Å². The molecule has 0 radical (unpaired) electrons. The van der Waals surface area contributed by atoms with E-state index in [-0.39, 0.29) is 6.54 Å². The highest BCUT2D eigenvalue weighted by molar-refractivity contribution is 5.40. The molecular formula is C16H19N3O2. The Morgan fingerprint density at radius 3 is 2.57 bits per heavy atom. The molecule has 0 amide bonds. The minimum Gasteiger partial charge on any atom is -0.399 e. The predicted octanol–water partition coefficient (Wildman–Crippen LogP) is 2.53. The normalized spacial score (nSPS) is 11.9. The van der Waals surface area contributed by atoms with E-state index in [2.05, 4.69) is 5.29 Å². The van der Waals surface area contributed by atoms with E-state index in [4.69, 9.17) is 5.73 Å². The molecule has 2 aromatic rings. The molecule has 0 bridgehead atoms. The van der Waals surface area contributed by atoms with Crippen molar-refractivity contribution in [1.29, 1.82) is 0 Å². The van der Waals surface area contributed by atoms with Crippen LogP contribution in [-0.4, -0.2) is 23.2 Å². The zero-order chi connectivity index (χ0) is 15.1. The number of aliphatic hydroxyl groups is 1. The zero-order valence-corrected chi connectivity index (χ0v) is 11.7. The lowest BCUT2D eigenvalue weighted by Gasteiger charge is -2.19. The van der Waals surface area contributed by atoms with Crippen molar-refractivity contribution in [2.24, 2.45) is 5.29 Å². The second kappa shape index (κ2) is 7.40. The quantitative estimate of drug-likeness (QED) is 0.465. The van der Waals surface area contributed by atoms with Crippen molar-refractivity contribution in [3.05, 3.63) is 70.6 Å². The molecule has 1 atom stereocenters. The molecule has 0 fully saturated rings. The van der Waals surface area contributed by atoms with E-state index in [9.17, 15) is 10.0 Å². The minimum atomic E-state index is -0.732. The first-order valence-electron chi connectivity index (χ1n) is 6.84. The number of hydrogen-bond acceptors (Lipinski definition) is 4. The molecule has 3 N–H and O–H groups in total. The average molecular weight is 285 g/mol. The van der Waals surface area contributed by atoms with Crippen molar-refractivity contribution in [3.63, 3.8) is 0 Å². The standard InChI is InChI=1S/C16H19N3O2/c17-15-8-4-5-13(11-15)9-10-19(18-21)12-16(20)14-6-2-1-3-7-14/h1-8,11,16,20H,9-10,12,17H2/t16-/m0/s1. The van der Waals surface area contributed by atoms with Crippen molar-refractivity contribution in [3.8, 4) is 0 Å². The molecule has 0 spiro atoms. The smallest absolute Gasteiger partial charge is 0.0982 e. The predicted molar refractivity (Wildman–Crippen MR) is 83.3 cm³/mol. The SMILES string of the molecule is Nc1cccc(CCN(C[C@H](O)c2ccccc2)N=O)c1. The van der Waals surface area contributed by atoms with Crippen LogP contribution in [0.1, 0.15) is 17.2 Å². The lowest BCUT2D eigenvalue weighted by molar-refractivity contribution is 0.114. The van der Waals surface area contributed by atoms with Gasteiger partial charge in [-0.15, -0.1) is 4.91 Å². The van der Waals surface area contributed by atoms with Crippen molar-refractivity contribution in [2.75, 3.05) is 18.8 Å². The van der Waals surface area contributed by atoms with Crippen LogP contribution in [0.3, 0.4) is 0 Å². The molecule has 0 aliphatic heterocycles. The van der Waals surface area contributed by atoms with Gasteiger partial charge in [-0.25, -0.2) is 0 Å². The van der Waals surface area contributed by atoms with Gasteiger partial charge in [0.25, 0.3) is 0 Å². The highest BCUT2D eigenvalue weighted by Gasteiger charge is 2.13. The molecule has 0 saturated heterocycles. The third-order valence-electron chi connectivity index (χ3n) is 3.29. The van der Waals surface area contributed by atoms with Crippen molar-refractivity contribution >= 4 is 5.69 Å². The van der Waals surface area contributed by atoms with Gasteiger partial charge in [-0.3, -0.25) is 5.01 Å². The van der Waals surface area contributed by atoms with Crippen molar-refractivity contribution in [1.82, 2.24) is 5.01 Å². The maximum Gasteiger partial charge on any atom is 0.0982 e. The molecule has 2 aromatic carbocycles. The second-order valence-electron chi connectivity index (χ2n) is 4.92. The van der Waals surface area contributed by atoms with E-state index in [0.717, 1.165) is 11.1 Å². The van der Waals surface area contributed by atoms with E-state index >= 15 is 0 Å². The van der Waals surface area contributed by atoms with E-state index in [0.29, 0.717) is 18.7 Å². The average Bonchev–Trinajstić information content (AvgIpc) is 2.52. The number of hydrogen-bond donors (Lipinski definition) is 2. The third-order valence-corrected chi connectivity index (χ3v) is 3.29. The minimum absolute atomic E-state index is 0.176. The molecule has 0 aromatic heterocycles. The molecule has 0 aliphatic carbocycles. The van der Waals surface area contributed by atoms with E-state index < -0.39 is 6.10 Å². The Kier molecular flexibility index (Phi) is 5.29. The fourth-order valence-electron chi connectivity index (χ4n) is 2.15. The fourth-order valence-corrected chi connectivity index (χ4v) is 2.15. The molecule has 0 unspecified atom stereocenters. The van der Waals surface area contributed by atoms with Gasteiger partial charge in [-0.1, -0.05) is 42.5 Å². The summed E-state index contributed by atoms with van der Waals surface area (Å²) in [6.45, 7) is 0.618. The van der Waals surface area contributed by atoms with Gasteiger partial charge in [0, 0.05) is 12.2 Å². The van der Waals surface area contributed by atoms with Gasteiger partial charge in [-0.2, -0.15) is 0 Å². The number of nitrogens with zero attached hydrogens (tertiary/aromatic N) is 2. The Morgan fingerprint density at radius 1 is 1.14 bits per heavy atom. The van der Waals surface area contributed by atoms with Crippen LogP contribution >= 0.6 is 0 Å². The molecule has 5 heteroatoms. The number of anilines is 1. The van der Waals surface area contributed by atoms with Gasteiger partial charge in [-0.05, 0) is 29.7 Å². The molecule has 0 heterocycles. The van der Waals surface area contributed by atoms with Gasteiger partial charge in [0.1, 0.15) is 0 Å². The first-order valence-corrected chi connectivity index (χ1v) is 6.84. The summed E-state index contributed by atoms with van der Waals surface area (Å²) in [6.07, 6.45) is -0.0806. The molecule has 21 heavy (non-hydrogen) atoms. The monoisotopic (exact) mass is 285 g/mol. The Morgan fingerprint density at radius 2 is 1.90 bits per heavy atom. The van der Waals surface area contributed by atoms with Gasteiger partial charge >= 0.3 is 0 Å². The first-order chi connectivity index (χ1) is 10.2. The number of nitrogens with two attached hydrogens (primary N) is 1. The molecular weight excluding hydrogens is 266 g/mol. The molecule has 5 nitrogen and oxygen atoms in total. The molecule has 0 saturated carbocycles. The summed E-state index contributed by atoms with van der Waals surface area (Å²) in [5, 5.41) is 14.4. The van der Waals surface area contributed by atoms with E-state index in [1.165, 1.54) is 5.01 Å². The number of nitroso groups, excluding NO2 is 1. The lowest BCUT2D eigenvalue weighted by Crippen LogP contribution is -2.25. The summed E-state index contributed by atoms with van der Waals surface area (Å²) in [5.74, 6) is 0. The summed E-state index contributed by atoms with van der Waals surface area (Å²) >= 11 is 0. The van der Waals surface area contributed by atoms with Gasteiger partial charge < -0.3 is 10.8 Å². The van der Waals surface area contributed by atoms with Crippen LogP contribution in [0.2, 0.25) is 0 Å². The van der Waals surface area contributed by atoms with Crippen LogP contribution in [0.4, 0.5) is 5.69 Å². The Labute approximate surface area is 124 Å². The summed E-state index contributed by atoms with van der Waals surface area (Å²) in [6, 6.07) is 16.8. The van der Waals surface area contributed by atoms with Crippen LogP contribution in [0.5, 0.6) is 0 Å². The molecule has 2 rings (SSSR count). The van der Waals surface area contributed by atoms with Crippen LogP contribution < -0.4 is 5.73 Å². The highest BCUT2D eigenvalue weighted by Crippen LogP contribution is 2.14. The second-order valence-corrected chi connectivity index (χ2v) is 4.92. The van der Waals surface area contributed by atoms with Crippen LogP contribution in [-0.2, 0) is 6.42 Å². The van der Waals surface area contributed by atoms with Crippen LogP contribution in [0.25, 0.3) is 0 Å². The maximum absolute atomic E-state index is 10.9. The summed E-state index contributed by atoms with van der Waals surface area (Å²) in [4.78, 5) is 10.9. The van der Waals surface area contributed by atoms with Crippen molar-refractivity contribution < 1.29 is 5.11 Å². The van der Waals surface area contributed by atoms with Gasteiger partial charge in [0.2, 0.25) is 0 Å². The van der Waals surface area contributed by atoms with Gasteiger partial charge in [0.15, 0.2) is 0 Å². The molecule has 0 aliphatic rings. The Bertz CT molecular complexity index is 575. The van der Waals surface area contributed by atoms with Crippen molar-refractivity contribution in [2.45, 2.75) is 12.5 Å². The van der Waals surface area contributed by atoms with Crippen LogP contribution in [0.15, 0.2) is 59.9 Å². The number of benzene rings is 2. The fraction of sp³-hybridized carbons (Fsp3) is 0.250. The summed E-state index contributed by atoms with van der Waals surface area (Å²) in [5.41, 5.74) is 8.23. The lowest BCUT2D eigenvalue weighted by atomic mass is 10.1. The summed E-state index contributed by atoms with van der Waals surface area (Å²) in [7, 11) is 0. The Balaban J connectivity index is 1.90. The topological polar surface area (TPSA) is 78.9 Å².